The van der Waals surface area contributed by atoms with Crippen molar-refractivity contribution in [2.24, 2.45) is 17.1 Å². The van der Waals surface area contributed by atoms with Gasteiger partial charge in [0.1, 0.15) is 0 Å². The van der Waals surface area contributed by atoms with E-state index in [0.717, 1.165) is 51.4 Å². The SMILES string of the molecule is CC(C)CCOCCC1(CN)Cc2ccccc2C1. The fourth-order valence-electron chi connectivity index (χ4n) is 2.91. The fourth-order valence-corrected chi connectivity index (χ4v) is 2.91. The van der Waals surface area contributed by atoms with E-state index in [-0.39, 0.29) is 5.41 Å². The van der Waals surface area contributed by atoms with Crippen molar-refractivity contribution in [3.8, 4) is 0 Å². The molecule has 0 unspecified atom stereocenters. The van der Waals surface area contributed by atoms with Gasteiger partial charge in [0, 0.05) is 13.2 Å². The normalized spacial score (nSPS) is 16.8. The fraction of sp³-hybridized carbons (Fsp3) is 0.647. The summed E-state index contributed by atoms with van der Waals surface area (Å²) in [7, 11) is 0. The Morgan fingerprint density at radius 2 is 1.79 bits per heavy atom. The highest BCUT2D eigenvalue weighted by Gasteiger charge is 2.35. The molecule has 0 saturated carbocycles. The molecule has 0 atom stereocenters. The maximum absolute atomic E-state index is 6.06. The Hall–Kier alpha value is -0.860. The molecule has 2 nitrogen and oxygen atoms in total. The highest BCUT2D eigenvalue weighted by atomic mass is 16.5. The first kappa shape index (κ1) is 14.5. The molecule has 0 saturated heterocycles. The number of rotatable bonds is 7. The first-order chi connectivity index (χ1) is 9.15. The van der Waals surface area contributed by atoms with Gasteiger partial charge in [0.15, 0.2) is 0 Å². The van der Waals surface area contributed by atoms with Gasteiger partial charge < -0.3 is 10.5 Å². The molecule has 0 heterocycles. The Labute approximate surface area is 117 Å². The maximum atomic E-state index is 6.06. The predicted molar refractivity (Wildman–Crippen MR) is 80.2 cm³/mol. The number of nitrogens with two attached hydrogens (primary N) is 1. The lowest BCUT2D eigenvalue weighted by Gasteiger charge is -2.27. The van der Waals surface area contributed by atoms with Crippen LogP contribution in [0, 0.1) is 11.3 Å². The molecule has 2 N–H and O–H groups in total. The first-order valence-corrected chi connectivity index (χ1v) is 7.50. The lowest BCUT2D eigenvalue weighted by Crippen LogP contribution is -2.32. The molecule has 2 heteroatoms. The van der Waals surface area contributed by atoms with Crippen molar-refractivity contribution in [1.29, 1.82) is 0 Å². The Morgan fingerprint density at radius 3 is 2.32 bits per heavy atom. The molecule has 0 spiro atoms. The standard InChI is InChI=1S/C17H27NO/c1-14(2)7-9-19-10-8-17(13-18)11-15-5-3-4-6-16(15)12-17/h3-6,14H,7-13,18H2,1-2H3. The summed E-state index contributed by atoms with van der Waals surface area (Å²) >= 11 is 0. The van der Waals surface area contributed by atoms with E-state index >= 15 is 0 Å². The van der Waals surface area contributed by atoms with Crippen molar-refractivity contribution in [3.63, 3.8) is 0 Å². The van der Waals surface area contributed by atoms with E-state index in [0.29, 0.717) is 0 Å². The second-order valence-electron chi connectivity index (χ2n) is 6.37. The van der Waals surface area contributed by atoms with Gasteiger partial charge in [-0.3, -0.25) is 0 Å². The second kappa shape index (κ2) is 6.53. The third kappa shape index (κ3) is 3.80. The van der Waals surface area contributed by atoms with E-state index in [1.54, 1.807) is 0 Å². The van der Waals surface area contributed by atoms with Crippen molar-refractivity contribution in [2.75, 3.05) is 19.8 Å². The average molecular weight is 261 g/mol. The summed E-state index contributed by atoms with van der Waals surface area (Å²) in [6, 6.07) is 8.74. The van der Waals surface area contributed by atoms with Crippen molar-refractivity contribution in [1.82, 2.24) is 0 Å². The molecule has 106 valence electrons. The minimum absolute atomic E-state index is 0.238. The smallest absolute Gasteiger partial charge is 0.0472 e. The van der Waals surface area contributed by atoms with Gasteiger partial charge in [0.2, 0.25) is 0 Å². The van der Waals surface area contributed by atoms with Crippen LogP contribution < -0.4 is 5.73 Å². The molecule has 0 radical (unpaired) electrons. The Bertz CT molecular complexity index is 375. The van der Waals surface area contributed by atoms with Crippen molar-refractivity contribution in [2.45, 2.75) is 39.5 Å². The van der Waals surface area contributed by atoms with Gasteiger partial charge in [-0.05, 0) is 54.7 Å². The number of benzene rings is 1. The summed E-state index contributed by atoms with van der Waals surface area (Å²) in [6.07, 6.45) is 4.46. The monoisotopic (exact) mass is 261 g/mol. The molecule has 1 aliphatic rings. The Morgan fingerprint density at radius 1 is 1.16 bits per heavy atom. The molecule has 1 aromatic rings. The molecule has 2 rings (SSSR count). The number of fused-ring (bicyclic) bond motifs is 1. The zero-order valence-electron chi connectivity index (χ0n) is 12.3. The lowest BCUT2D eigenvalue weighted by molar-refractivity contribution is 0.0908. The van der Waals surface area contributed by atoms with Gasteiger partial charge in [-0.1, -0.05) is 38.1 Å². The summed E-state index contributed by atoms with van der Waals surface area (Å²) in [5, 5.41) is 0. The summed E-state index contributed by atoms with van der Waals surface area (Å²) in [4.78, 5) is 0. The molecule has 0 aliphatic heterocycles. The van der Waals surface area contributed by atoms with Crippen LogP contribution in [0.15, 0.2) is 24.3 Å². The van der Waals surface area contributed by atoms with Crippen LogP contribution in [0.3, 0.4) is 0 Å². The van der Waals surface area contributed by atoms with E-state index in [2.05, 4.69) is 38.1 Å². The molecular weight excluding hydrogens is 234 g/mol. The van der Waals surface area contributed by atoms with E-state index < -0.39 is 0 Å². The maximum Gasteiger partial charge on any atom is 0.0472 e. The van der Waals surface area contributed by atoms with Gasteiger partial charge >= 0.3 is 0 Å². The summed E-state index contributed by atoms with van der Waals surface area (Å²) < 4.78 is 5.78. The van der Waals surface area contributed by atoms with Gasteiger partial charge in [-0.25, -0.2) is 0 Å². The Kier molecular flexibility index (Phi) is 5.00. The van der Waals surface area contributed by atoms with Gasteiger partial charge in [-0.15, -0.1) is 0 Å². The van der Waals surface area contributed by atoms with Crippen LogP contribution in [-0.4, -0.2) is 19.8 Å². The topological polar surface area (TPSA) is 35.2 Å². The summed E-state index contributed by atoms with van der Waals surface area (Å²) in [5.41, 5.74) is 9.26. The second-order valence-corrected chi connectivity index (χ2v) is 6.37. The zero-order chi connectivity index (χ0) is 13.7. The largest absolute Gasteiger partial charge is 0.381 e. The molecule has 1 aliphatic carbocycles. The van der Waals surface area contributed by atoms with E-state index in [1.165, 1.54) is 11.1 Å². The van der Waals surface area contributed by atoms with Crippen molar-refractivity contribution in [3.05, 3.63) is 35.4 Å². The van der Waals surface area contributed by atoms with Crippen LogP contribution in [-0.2, 0) is 17.6 Å². The molecule has 0 amide bonds. The van der Waals surface area contributed by atoms with Gasteiger partial charge in [-0.2, -0.15) is 0 Å². The van der Waals surface area contributed by atoms with Gasteiger partial charge in [0.05, 0.1) is 0 Å². The molecular formula is C17H27NO. The minimum Gasteiger partial charge on any atom is -0.381 e. The third-order valence-electron chi connectivity index (χ3n) is 4.30. The van der Waals surface area contributed by atoms with Crippen LogP contribution in [0.2, 0.25) is 0 Å². The van der Waals surface area contributed by atoms with E-state index in [9.17, 15) is 0 Å². The molecule has 0 aromatic heterocycles. The third-order valence-corrected chi connectivity index (χ3v) is 4.30. The molecule has 0 fully saturated rings. The molecule has 1 aromatic carbocycles. The number of hydrogen-bond donors (Lipinski definition) is 1. The molecule has 0 bridgehead atoms. The van der Waals surface area contributed by atoms with Crippen LogP contribution in [0.1, 0.15) is 37.8 Å². The van der Waals surface area contributed by atoms with Crippen molar-refractivity contribution < 1.29 is 4.74 Å². The Balaban J connectivity index is 1.82. The zero-order valence-corrected chi connectivity index (χ0v) is 12.3. The van der Waals surface area contributed by atoms with Crippen LogP contribution in [0.25, 0.3) is 0 Å². The minimum atomic E-state index is 0.238. The van der Waals surface area contributed by atoms with E-state index in [4.69, 9.17) is 10.5 Å². The van der Waals surface area contributed by atoms with Gasteiger partial charge in [0.25, 0.3) is 0 Å². The van der Waals surface area contributed by atoms with Crippen LogP contribution in [0.4, 0.5) is 0 Å². The summed E-state index contributed by atoms with van der Waals surface area (Å²) in [5.74, 6) is 0.721. The highest BCUT2D eigenvalue weighted by Crippen LogP contribution is 2.38. The average Bonchev–Trinajstić information content (AvgIpc) is 2.77. The number of hydrogen-bond acceptors (Lipinski definition) is 2. The van der Waals surface area contributed by atoms with Crippen LogP contribution >= 0.6 is 0 Å². The molecule has 19 heavy (non-hydrogen) atoms. The lowest BCUT2D eigenvalue weighted by atomic mass is 9.82. The van der Waals surface area contributed by atoms with E-state index in [1.807, 2.05) is 0 Å². The van der Waals surface area contributed by atoms with Crippen LogP contribution in [0.5, 0.6) is 0 Å². The number of ether oxygens (including phenoxy) is 1. The predicted octanol–water partition coefficient (Wildman–Crippen LogP) is 3.18. The highest BCUT2D eigenvalue weighted by molar-refractivity contribution is 5.34. The van der Waals surface area contributed by atoms with Crippen molar-refractivity contribution >= 4 is 0 Å². The quantitative estimate of drug-likeness (QED) is 0.765. The summed E-state index contributed by atoms with van der Waals surface area (Å²) in [6.45, 7) is 6.95. The first-order valence-electron chi connectivity index (χ1n) is 7.50.